The highest BCUT2D eigenvalue weighted by Gasteiger charge is 2.54. The zero-order valence-electron chi connectivity index (χ0n) is 23.7. The molecule has 0 unspecified atom stereocenters. The second kappa shape index (κ2) is 9.36. The molecule has 3 aliphatic rings. The first-order valence-corrected chi connectivity index (χ1v) is 14.1. The quantitative estimate of drug-likeness (QED) is 0.293. The Bertz CT molecular complexity index is 1260. The van der Waals surface area contributed by atoms with Crippen molar-refractivity contribution in [2.75, 3.05) is 13.1 Å². The number of para-hydroxylation sites is 1. The predicted molar refractivity (Wildman–Crippen MR) is 154 cm³/mol. The smallest absolute Gasteiger partial charge is 0.131 e. The summed E-state index contributed by atoms with van der Waals surface area (Å²) in [4.78, 5) is 4.56. The summed E-state index contributed by atoms with van der Waals surface area (Å²) in [7, 11) is 0. The number of aliphatic hydroxyl groups excluding tert-OH is 1. The Balaban J connectivity index is 1.59. The topological polar surface area (TPSA) is 33.1 Å². The maximum atomic E-state index is 12.1. The zero-order chi connectivity index (χ0) is 26.6. The Morgan fingerprint density at radius 3 is 2.35 bits per heavy atom. The molecule has 3 aromatic rings. The van der Waals surface area contributed by atoms with E-state index in [1.807, 2.05) is 24.4 Å². The van der Waals surface area contributed by atoms with Gasteiger partial charge in [0.1, 0.15) is 18.7 Å². The van der Waals surface area contributed by atoms with Crippen molar-refractivity contribution in [3.8, 4) is 0 Å². The molecular weight excluding hydrogens is 452 g/mol. The van der Waals surface area contributed by atoms with E-state index in [0.717, 1.165) is 47.0 Å². The zero-order valence-corrected chi connectivity index (χ0v) is 23.7. The first-order chi connectivity index (χ1) is 17.4. The number of piperidine rings is 3. The molecule has 4 heterocycles. The molecule has 6 rings (SSSR count). The van der Waals surface area contributed by atoms with Crippen LogP contribution in [-0.4, -0.2) is 33.7 Å². The largest absolute Gasteiger partial charge is 0.382 e. The summed E-state index contributed by atoms with van der Waals surface area (Å²) in [5.74, 6) is 1.12. The molecule has 3 aliphatic heterocycles. The van der Waals surface area contributed by atoms with Gasteiger partial charge in [-0.1, -0.05) is 71.9 Å². The van der Waals surface area contributed by atoms with Crippen molar-refractivity contribution in [3.63, 3.8) is 0 Å². The van der Waals surface area contributed by atoms with Gasteiger partial charge in [0.25, 0.3) is 0 Å². The van der Waals surface area contributed by atoms with Gasteiger partial charge >= 0.3 is 0 Å². The predicted octanol–water partition coefficient (Wildman–Crippen LogP) is 7.47. The van der Waals surface area contributed by atoms with Crippen molar-refractivity contribution in [3.05, 3.63) is 89.6 Å². The van der Waals surface area contributed by atoms with Crippen LogP contribution < -0.4 is 0 Å². The number of hydrogen-bond donors (Lipinski definition) is 1. The van der Waals surface area contributed by atoms with E-state index in [4.69, 9.17) is 0 Å². The Morgan fingerprint density at radius 2 is 1.70 bits per heavy atom. The summed E-state index contributed by atoms with van der Waals surface area (Å²) in [6.45, 7) is 21.2. The molecule has 1 aromatic heterocycles. The Morgan fingerprint density at radius 1 is 1.03 bits per heavy atom. The molecule has 3 saturated heterocycles. The maximum Gasteiger partial charge on any atom is 0.131 e. The van der Waals surface area contributed by atoms with Gasteiger partial charge in [-0.05, 0) is 57.7 Å². The van der Waals surface area contributed by atoms with E-state index in [1.165, 1.54) is 23.1 Å². The third-order valence-electron chi connectivity index (χ3n) is 9.26. The van der Waals surface area contributed by atoms with E-state index in [-0.39, 0.29) is 16.9 Å². The molecule has 5 atom stereocenters. The van der Waals surface area contributed by atoms with Gasteiger partial charge in [-0.2, -0.15) is 0 Å². The van der Waals surface area contributed by atoms with E-state index in [9.17, 15) is 5.11 Å². The summed E-state index contributed by atoms with van der Waals surface area (Å²) < 4.78 is 0.933. The second-order valence-corrected chi connectivity index (χ2v) is 13.8. The third kappa shape index (κ3) is 4.89. The molecule has 0 amide bonds. The van der Waals surface area contributed by atoms with Gasteiger partial charge in [-0.15, -0.1) is 6.58 Å². The molecule has 0 spiro atoms. The fraction of sp³-hybridized carbons (Fsp3) is 0.500. The number of benzene rings is 2. The average molecular weight is 498 g/mol. The lowest BCUT2D eigenvalue weighted by Gasteiger charge is -2.58. The van der Waals surface area contributed by atoms with Crippen molar-refractivity contribution < 1.29 is 9.59 Å². The molecule has 2 aromatic carbocycles. The van der Waals surface area contributed by atoms with Crippen molar-refractivity contribution in [1.82, 2.24) is 4.98 Å². The van der Waals surface area contributed by atoms with E-state index >= 15 is 0 Å². The highest BCUT2D eigenvalue weighted by atomic mass is 16.3. The van der Waals surface area contributed by atoms with Gasteiger partial charge < -0.3 is 9.59 Å². The van der Waals surface area contributed by atoms with Crippen molar-refractivity contribution in [2.45, 2.75) is 83.9 Å². The van der Waals surface area contributed by atoms with Crippen LogP contribution in [0.5, 0.6) is 0 Å². The minimum absolute atomic E-state index is 0.0867. The number of aromatic nitrogens is 1. The van der Waals surface area contributed by atoms with Gasteiger partial charge in [0.15, 0.2) is 0 Å². The first kappa shape index (κ1) is 26.1. The molecule has 37 heavy (non-hydrogen) atoms. The second-order valence-electron chi connectivity index (χ2n) is 13.8. The SMILES string of the molecule is C=C[C@H]1C[N@+]2(Cc3cc(C(C)(C)C)cc(C(C)(C)C)c3)CC[C@H]1C[C@H]2[C@H](O)c1ccnc2ccccc12. The van der Waals surface area contributed by atoms with E-state index in [0.29, 0.717) is 11.8 Å². The number of hydrogen-bond acceptors (Lipinski definition) is 2. The van der Waals surface area contributed by atoms with Crippen molar-refractivity contribution >= 4 is 10.9 Å². The number of nitrogens with zero attached hydrogens (tertiary/aromatic N) is 2. The van der Waals surface area contributed by atoms with Crippen LogP contribution in [0.25, 0.3) is 10.9 Å². The lowest BCUT2D eigenvalue weighted by Crippen LogP contribution is -2.67. The van der Waals surface area contributed by atoms with Gasteiger partial charge in [0.05, 0.1) is 18.6 Å². The molecule has 0 aliphatic carbocycles. The molecule has 3 nitrogen and oxygen atoms in total. The normalized spacial score (nSPS) is 26.8. The van der Waals surface area contributed by atoms with Crippen LogP contribution >= 0.6 is 0 Å². The van der Waals surface area contributed by atoms with E-state index in [2.05, 4.69) is 89.5 Å². The Kier molecular flexibility index (Phi) is 6.61. The minimum atomic E-state index is -0.519. The number of quaternary nitrogens is 1. The number of rotatable bonds is 5. The van der Waals surface area contributed by atoms with E-state index in [1.54, 1.807) is 0 Å². The average Bonchev–Trinajstić information content (AvgIpc) is 2.86. The summed E-state index contributed by atoms with van der Waals surface area (Å²) in [6.07, 6.45) is 5.78. The van der Waals surface area contributed by atoms with Crippen molar-refractivity contribution in [2.24, 2.45) is 11.8 Å². The highest BCUT2D eigenvalue weighted by Crippen LogP contribution is 2.48. The number of fused-ring (bicyclic) bond motifs is 4. The van der Waals surface area contributed by atoms with Crippen LogP contribution in [0.2, 0.25) is 0 Å². The van der Waals surface area contributed by atoms with Crippen LogP contribution in [0.3, 0.4) is 0 Å². The number of pyridine rings is 1. The Hall–Kier alpha value is -2.49. The van der Waals surface area contributed by atoms with E-state index < -0.39 is 6.10 Å². The Labute approximate surface area is 223 Å². The van der Waals surface area contributed by atoms with Crippen LogP contribution in [0.4, 0.5) is 0 Å². The molecule has 3 fully saturated rings. The van der Waals surface area contributed by atoms with Gasteiger partial charge in [-0.3, -0.25) is 4.98 Å². The van der Waals surface area contributed by atoms with Crippen LogP contribution in [0.15, 0.2) is 67.4 Å². The highest BCUT2D eigenvalue weighted by molar-refractivity contribution is 5.82. The van der Waals surface area contributed by atoms with Gasteiger partial charge in [-0.25, -0.2) is 0 Å². The number of aliphatic hydroxyl groups is 1. The van der Waals surface area contributed by atoms with Gasteiger partial charge in [0, 0.05) is 35.9 Å². The summed E-state index contributed by atoms with van der Waals surface area (Å²) in [5.41, 5.74) is 6.35. The molecule has 0 radical (unpaired) electrons. The molecule has 1 N–H and O–H groups in total. The lowest BCUT2D eigenvalue weighted by atomic mass is 9.71. The summed E-state index contributed by atoms with van der Waals surface area (Å²) in [5, 5.41) is 13.1. The van der Waals surface area contributed by atoms with Crippen LogP contribution in [0, 0.1) is 11.8 Å². The fourth-order valence-electron chi connectivity index (χ4n) is 6.98. The summed E-state index contributed by atoms with van der Waals surface area (Å²) in [6, 6.07) is 17.7. The minimum Gasteiger partial charge on any atom is -0.382 e. The first-order valence-electron chi connectivity index (χ1n) is 14.1. The third-order valence-corrected chi connectivity index (χ3v) is 9.26. The molecular formula is C34H45N2O+. The summed E-state index contributed by atoms with van der Waals surface area (Å²) >= 11 is 0. The lowest BCUT2D eigenvalue weighted by molar-refractivity contribution is -0.984. The van der Waals surface area contributed by atoms with Crippen molar-refractivity contribution in [1.29, 1.82) is 0 Å². The van der Waals surface area contributed by atoms with Gasteiger partial charge in [0.2, 0.25) is 0 Å². The molecule has 196 valence electrons. The monoisotopic (exact) mass is 497 g/mol. The molecule has 3 heteroatoms. The standard InChI is InChI=1S/C34H45N2O/c1-8-24-22-36(21-23-17-26(33(2,3)4)20-27(18-23)34(5,6)7)16-14-25(24)19-31(36)32(37)29-13-15-35-30-12-10-9-11-28(29)30/h8-13,15,17-18,20,24-25,31-32,37H,1,14,16,19,21-22H2,2-7H3/q+1/t24-,25-,31-,32+,36+/m0/s1. The fourth-order valence-corrected chi connectivity index (χ4v) is 6.98. The molecule has 2 bridgehead atoms. The van der Waals surface area contributed by atoms with Crippen LogP contribution in [-0.2, 0) is 17.4 Å². The molecule has 0 saturated carbocycles. The maximum absolute atomic E-state index is 12.1. The van der Waals surface area contributed by atoms with Crippen LogP contribution in [0.1, 0.15) is 82.7 Å².